The molecule has 29 heavy (non-hydrogen) atoms. The fraction of sp³-hybridized carbons (Fsp3) is 0.565. The number of aryl methyl sites for hydroxylation is 2. The van der Waals surface area contributed by atoms with Gasteiger partial charge in [0, 0.05) is 50.9 Å². The molecule has 1 amide bonds. The van der Waals surface area contributed by atoms with Crippen LogP contribution in [0.3, 0.4) is 0 Å². The summed E-state index contributed by atoms with van der Waals surface area (Å²) in [7, 11) is 0. The fourth-order valence-corrected chi connectivity index (χ4v) is 5.45. The van der Waals surface area contributed by atoms with Crippen molar-refractivity contribution >= 4 is 17.2 Å². The largest absolute Gasteiger partial charge is 0.336 e. The Morgan fingerprint density at radius 2 is 1.83 bits per heavy atom. The van der Waals surface area contributed by atoms with Crippen molar-refractivity contribution in [3.8, 4) is 10.6 Å². The van der Waals surface area contributed by atoms with Crippen LogP contribution in [0.4, 0.5) is 0 Å². The number of amides is 1. The molecule has 0 N–H and O–H groups in total. The zero-order valence-electron chi connectivity index (χ0n) is 17.9. The molecule has 4 rings (SSSR count). The lowest BCUT2D eigenvalue weighted by Crippen LogP contribution is -2.51. The van der Waals surface area contributed by atoms with E-state index < -0.39 is 0 Å². The summed E-state index contributed by atoms with van der Waals surface area (Å²) in [5.41, 5.74) is 3.28. The van der Waals surface area contributed by atoms with E-state index in [0.717, 1.165) is 79.8 Å². The topological polar surface area (TPSA) is 39.7 Å². The van der Waals surface area contributed by atoms with Crippen molar-refractivity contribution in [2.24, 2.45) is 0 Å². The van der Waals surface area contributed by atoms with Crippen LogP contribution in [-0.4, -0.2) is 77.4 Å². The minimum atomic E-state index is 0.158. The van der Waals surface area contributed by atoms with Gasteiger partial charge in [0.05, 0.1) is 5.69 Å². The second-order valence-corrected chi connectivity index (χ2v) is 9.15. The van der Waals surface area contributed by atoms with Gasteiger partial charge < -0.3 is 9.80 Å². The summed E-state index contributed by atoms with van der Waals surface area (Å²) in [6.07, 6.45) is 2.12. The first-order valence-electron chi connectivity index (χ1n) is 10.9. The maximum absolute atomic E-state index is 13.2. The molecule has 1 aromatic heterocycles. The Kier molecular flexibility index (Phi) is 6.32. The number of rotatable bonds is 5. The van der Waals surface area contributed by atoms with E-state index in [1.165, 1.54) is 16.9 Å². The lowest BCUT2D eigenvalue weighted by atomic mass is 10.1. The molecule has 0 aliphatic carbocycles. The van der Waals surface area contributed by atoms with Gasteiger partial charge in [-0.25, -0.2) is 4.98 Å². The van der Waals surface area contributed by atoms with E-state index in [0.29, 0.717) is 6.04 Å². The number of carbonyl (C=O) groups excluding carboxylic acids is 1. The van der Waals surface area contributed by atoms with Crippen LogP contribution in [0.2, 0.25) is 0 Å². The van der Waals surface area contributed by atoms with Gasteiger partial charge in [-0.3, -0.25) is 9.69 Å². The summed E-state index contributed by atoms with van der Waals surface area (Å²) >= 11 is 1.54. The number of piperazine rings is 1. The smallest absolute Gasteiger partial charge is 0.265 e. The molecular formula is C23H32N4OS. The molecule has 2 aliphatic heterocycles. The Balaban J connectivity index is 1.41. The van der Waals surface area contributed by atoms with Crippen LogP contribution >= 0.6 is 11.3 Å². The van der Waals surface area contributed by atoms with Gasteiger partial charge in [-0.15, -0.1) is 11.3 Å². The molecule has 156 valence electrons. The summed E-state index contributed by atoms with van der Waals surface area (Å²) in [5, 5.41) is 0.944. The molecule has 1 unspecified atom stereocenters. The first-order valence-corrected chi connectivity index (χ1v) is 11.7. The van der Waals surface area contributed by atoms with Gasteiger partial charge >= 0.3 is 0 Å². The monoisotopic (exact) mass is 412 g/mol. The van der Waals surface area contributed by atoms with Crippen LogP contribution in [0.5, 0.6) is 0 Å². The number of likely N-dealkylation sites (N-methyl/N-ethyl adjacent to an activating group) is 1. The molecule has 2 saturated heterocycles. The number of hydrogen-bond acceptors (Lipinski definition) is 5. The molecule has 2 aromatic rings. The molecular weight excluding hydrogens is 380 g/mol. The first-order chi connectivity index (χ1) is 14.1. The molecule has 0 radical (unpaired) electrons. The Labute approximate surface area is 178 Å². The van der Waals surface area contributed by atoms with E-state index in [-0.39, 0.29) is 5.91 Å². The van der Waals surface area contributed by atoms with Crippen molar-refractivity contribution < 1.29 is 4.79 Å². The number of benzene rings is 1. The molecule has 0 saturated carbocycles. The minimum Gasteiger partial charge on any atom is -0.336 e. The van der Waals surface area contributed by atoms with Crippen LogP contribution in [0.25, 0.3) is 10.6 Å². The molecule has 5 nitrogen and oxygen atoms in total. The molecule has 3 heterocycles. The van der Waals surface area contributed by atoms with Gasteiger partial charge in [0.15, 0.2) is 0 Å². The first kappa shape index (κ1) is 20.5. The van der Waals surface area contributed by atoms with Gasteiger partial charge in [-0.2, -0.15) is 0 Å². The molecule has 0 bridgehead atoms. The number of thiazole rings is 1. The number of aromatic nitrogens is 1. The van der Waals surface area contributed by atoms with E-state index in [2.05, 4.69) is 47.9 Å². The standard InChI is InChI=1S/C23H32N4OS/c1-4-18-6-8-19(9-7-18)22-24-17(3)21(29-22)23(28)27-11-10-20(16-27)26-14-12-25(5-2)13-15-26/h6-9,20H,4-5,10-16H2,1-3H3. The second-order valence-electron chi connectivity index (χ2n) is 8.15. The Hall–Kier alpha value is -1.76. The van der Waals surface area contributed by atoms with E-state index in [1.807, 2.05) is 11.8 Å². The third kappa shape index (κ3) is 4.39. The van der Waals surface area contributed by atoms with Crippen LogP contribution < -0.4 is 0 Å². The highest BCUT2D eigenvalue weighted by atomic mass is 32.1. The quantitative estimate of drug-likeness (QED) is 0.753. The van der Waals surface area contributed by atoms with Crippen molar-refractivity contribution in [2.75, 3.05) is 45.8 Å². The molecule has 0 spiro atoms. The Bertz CT molecular complexity index is 839. The lowest BCUT2D eigenvalue weighted by molar-refractivity contribution is 0.0748. The zero-order chi connectivity index (χ0) is 20.4. The predicted octanol–water partition coefficient (Wildman–Crippen LogP) is 3.53. The van der Waals surface area contributed by atoms with Crippen molar-refractivity contribution in [3.05, 3.63) is 40.4 Å². The normalized spacial score (nSPS) is 21.1. The fourth-order valence-electron chi connectivity index (χ4n) is 4.41. The number of nitrogens with zero attached hydrogens (tertiary/aromatic N) is 4. The highest BCUT2D eigenvalue weighted by Crippen LogP contribution is 2.30. The summed E-state index contributed by atoms with van der Waals surface area (Å²) < 4.78 is 0. The highest BCUT2D eigenvalue weighted by molar-refractivity contribution is 7.17. The SMILES string of the molecule is CCc1ccc(-c2nc(C)c(C(=O)N3CCC(N4CCN(CC)CC4)C3)s2)cc1. The van der Waals surface area contributed by atoms with E-state index in [1.54, 1.807) is 0 Å². The average Bonchev–Trinajstić information content (AvgIpc) is 3.41. The second kappa shape index (κ2) is 8.94. The maximum Gasteiger partial charge on any atom is 0.265 e. The van der Waals surface area contributed by atoms with Gasteiger partial charge in [0.1, 0.15) is 9.88 Å². The number of likely N-dealkylation sites (tertiary alicyclic amines) is 1. The van der Waals surface area contributed by atoms with Crippen LogP contribution in [0, 0.1) is 6.92 Å². The predicted molar refractivity (Wildman–Crippen MR) is 120 cm³/mol. The van der Waals surface area contributed by atoms with Crippen molar-refractivity contribution in [3.63, 3.8) is 0 Å². The van der Waals surface area contributed by atoms with E-state index in [4.69, 9.17) is 4.98 Å². The van der Waals surface area contributed by atoms with Crippen molar-refractivity contribution in [1.82, 2.24) is 19.7 Å². The van der Waals surface area contributed by atoms with E-state index >= 15 is 0 Å². The van der Waals surface area contributed by atoms with E-state index in [9.17, 15) is 4.79 Å². The molecule has 1 atom stereocenters. The highest BCUT2D eigenvalue weighted by Gasteiger charge is 2.33. The van der Waals surface area contributed by atoms with Crippen LogP contribution in [-0.2, 0) is 6.42 Å². The Morgan fingerprint density at radius 3 is 2.48 bits per heavy atom. The third-order valence-electron chi connectivity index (χ3n) is 6.42. The van der Waals surface area contributed by atoms with Crippen molar-refractivity contribution in [2.45, 2.75) is 39.7 Å². The molecule has 6 heteroatoms. The summed E-state index contributed by atoms with van der Waals surface area (Å²) in [6, 6.07) is 9.04. The average molecular weight is 413 g/mol. The number of carbonyl (C=O) groups is 1. The van der Waals surface area contributed by atoms with Gasteiger partial charge in [-0.05, 0) is 31.9 Å². The van der Waals surface area contributed by atoms with Gasteiger partial charge in [-0.1, -0.05) is 38.1 Å². The molecule has 1 aromatic carbocycles. The summed E-state index contributed by atoms with van der Waals surface area (Å²) in [4.78, 5) is 25.9. The van der Waals surface area contributed by atoms with Crippen molar-refractivity contribution in [1.29, 1.82) is 0 Å². The minimum absolute atomic E-state index is 0.158. The molecule has 2 aliphatic rings. The summed E-state index contributed by atoms with van der Waals surface area (Å²) in [5.74, 6) is 0.158. The number of hydrogen-bond donors (Lipinski definition) is 0. The third-order valence-corrected chi connectivity index (χ3v) is 7.62. The van der Waals surface area contributed by atoms with Gasteiger partial charge in [0.25, 0.3) is 5.91 Å². The maximum atomic E-state index is 13.2. The Morgan fingerprint density at radius 1 is 1.10 bits per heavy atom. The summed E-state index contributed by atoms with van der Waals surface area (Å²) in [6.45, 7) is 13.7. The lowest BCUT2D eigenvalue weighted by Gasteiger charge is -2.37. The van der Waals surface area contributed by atoms with Crippen LogP contribution in [0.1, 0.15) is 41.2 Å². The van der Waals surface area contributed by atoms with Gasteiger partial charge in [0.2, 0.25) is 0 Å². The van der Waals surface area contributed by atoms with Crippen LogP contribution in [0.15, 0.2) is 24.3 Å². The molecule has 2 fully saturated rings. The zero-order valence-corrected chi connectivity index (χ0v) is 18.7.